The van der Waals surface area contributed by atoms with Crippen LogP contribution in [0.15, 0.2) is 12.7 Å². The number of hydrogen-bond acceptors (Lipinski definition) is 6. The van der Waals surface area contributed by atoms with Crippen molar-refractivity contribution in [2.24, 2.45) is 0 Å². The van der Waals surface area contributed by atoms with Crippen molar-refractivity contribution in [1.82, 2.24) is 25.3 Å². The average molecular weight is 306 g/mol. The Morgan fingerprint density at radius 1 is 1.41 bits per heavy atom. The zero-order valence-corrected chi connectivity index (χ0v) is 13.2. The van der Waals surface area contributed by atoms with E-state index in [1.165, 1.54) is 6.33 Å². The number of imidazole rings is 1. The molecule has 1 amide bonds. The molecule has 0 aromatic carbocycles. The third-order valence-electron chi connectivity index (χ3n) is 3.04. The first-order valence-electron chi connectivity index (χ1n) is 7.31. The third-order valence-corrected chi connectivity index (χ3v) is 3.04. The Morgan fingerprint density at radius 2 is 2.23 bits per heavy atom. The predicted molar refractivity (Wildman–Crippen MR) is 83.7 cm³/mol. The van der Waals surface area contributed by atoms with Gasteiger partial charge in [0.2, 0.25) is 5.91 Å². The topological polar surface area (TPSA) is 96.0 Å². The number of carbonyl (C=O) groups is 1. The fraction of sp³-hybridized carbons (Fsp3) is 0.571. The summed E-state index contributed by atoms with van der Waals surface area (Å²) in [7, 11) is 1.81. The fourth-order valence-electron chi connectivity index (χ4n) is 2.01. The van der Waals surface area contributed by atoms with Gasteiger partial charge in [0.05, 0.1) is 19.0 Å². The number of fused-ring (bicyclic) bond motifs is 1. The van der Waals surface area contributed by atoms with E-state index in [1.807, 2.05) is 20.9 Å². The Morgan fingerprint density at radius 3 is 3.00 bits per heavy atom. The van der Waals surface area contributed by atoms with Crippen molar-refractivity contribution in [2.75, 3.05) is 31.6 Å². The lowest BCUT2D eigenvalue weighted by atomic mass is 10.4. The lowest BCUT2D eigenvalue weighted by Crippen LogP contribution is -2.36. The molecule has 0 spiro atoms. The maximum atomic E-state index is 11.9. The molecule has 8 heteroatoms. The van der Waals surface area contributed by atoms with Gasteiger partial charge in [0.1, 0.15) is 11.8 Å². The van der Waals surface area contributed by atoms with Gasteiger partial charge in [0, 0.05) is 20.2 Å². The molecule has 2 N–H and O–H groups in total. The second-order valence-corrected chi connectivity index (χ2v) is 5.28. The molecule has 0 aliphatic heterocycles. The van der Waals surface area contributed by atoms with Crippen LogP contribution in [0.4, 0.5) is 5.82 Å². The molecule has 0 saturated heterocycles. The van der Waals surface area contributed by atoms with E-state index in [1.54, 1.807) is 11.2 Å². The Balaban J connectivity index is 1.80. The van der Waals surface area contributed by atoms with Gasteiger partial charge >= 0.3 is 0 Å². The van der Waals surface area contributed by atoms with Crippen LogP contribution < -0.4 is 10.2 Å². The number of rotatable bonds is 8. The van der Waals surface area contributed by atoms with Crippen LogP contribution in [0.2, 0.25) is 0 Å². The second kappa shape index (κ2) is 7.69. The van der Waals surface area contributed by atoms with Crippen LogP contribution in [0.25, 0.3) is 11.2 Å². The van der Waals surface area contributed by atoms with E-state index in [0.29, 0.717) is 24.6 Å². The highest BCUT2D eigenvalue weighted by molar-refractivity contribution is 5.86. The molecular weight excluding hydrogens is 284 g/mol. The summed E-state index contributed by atoms with van der Waals surface area (Å²) in [6.45, 7) is 5.45. The number of ether oxygens (including phenoxy) is 1. The van der Waals surface area contributed by atoms with Gasteiger partial charge in [-0.15, -0.1) is 0 Å². The van der Waals surface area contributed by atoms with Crippen molar-refractivity contribution >= 4 is 22.9 Å². The number of nitrogens with zero attached hydrogens (tertiary/aromatic N) is 4. The van der Waals surface area contributed by atoms with Gasteiger partial charge in [-0.05, 0) is 20.3 Å². The molecule has 0 radical (unpaired) electrons. The number of H-pyrrole nitrogens is 1. The Labute approximate surface area is 129 Å². The molecule has 120 valence electrons. The Bertz CT molecular complexity index is 612. The van der Waals surface area contributed by atoms with E-state index < -0.39 is 0 Å². The molecule has 0 unspecified atom stereocenters. The van der Waals surface area contributed by atoms with E-state index in [-0.39, 0.29) is 18.6 Å². The normalized spacial score (nSPS) is 11.1. The summed E-state index contributed by atoms with van der Waals surface area (Å²) < 4.78 is 5.42. The maximum Gasteiger partial charge on any atom is 0.239 e. The van der Waals surface area contributed by atoms with Gasteiger partial charge in [0.15, 0.2) is 11.5 Å². The van der Waals surface area contributed by atoms with Crippen molar-refractivity contribution in [2.45, 2.75) is 26.4 Å². The first kappa shape index (κ1) is 16.2. The molecule has 2 aromatic rings. The molecule has 2 aromatic heterocycles. The summed E-state index contributed by atoms with van der Waals surface area (Å²) in [5.41, 5.74) is 1.31. The molecular formula is C14H22N6O2. The van der Waals surface area contributed by atoms with Crippen molar-refractivity contribution in [1.29, 1.82) is 0 Å². The lowest BCUT2D eigenvalue weighted by molar-refractivity contribution is -0.119. The van der Waals surface area contributed by atoms with Gasteiger partial charge in [-0.25, -0.2) is 15.0 Å². The van der Waals surface area contributed by atoms with Gasteiger partial charge in [-0.3, -0.25) is 4.79 Å². The highest BCUT2D eigenvalue weighted by atomic mass is 16.5. The maximum absolute atomic E-state index is 11.9. The molecule has 0 fully saturated rings. The zero-order chi connectivity index (χ0) is 15.9. The summed E-state index contributed by atoms with van der Waals surface area (Å²) in [6, 6.07) is 0. The van der Waals surface area contributed by atoms with E-state index in [9.17, 15) is 4.79 Å². The number of carbonyl (C=O) groups excluding carboxylic acids is 1. The van der Waals surface area contributed by atoms with E-state index >= 15 is 0 Å². The minimum absolute atomic E-state index is 0.0571. The van der Waals surface area contributed by atoms with Crippen LogP contribution in [-0.4, -0.2) is 58.7 Å². The summed E-state index contributed by atoms with van der Waals surface area (Å²) >= 11 is 0. The Kier molecular flexibility index (Phi) is 5.65. The molecule has 22 heavy (non-hydrogen) atoms. The van der Waals surface area contributed by atoms with Crippen molar-refractivity contribution < 1.29 is 9.53 Å². The number of amides is 1. The number of nitrogens with one attached hydrogen (secondary N) is 2. The molecule has 2 heterocycles. The number of hydrogen-bond donors (Lipinski definition) is 2. The number of aromatic amines is 1. The van der Waals surface area contributed by atoms with Crippen LogP contribution in [0.3, 0.4) is 0 Å². The van der Waals surface area contributed by atoms with Crippen LogP contribution in [0, 0.1) is 0 Å². The standard InChI is InChI=1S/C14H22N6O2/c1-10(2)22-6-4-5-15-11(21)7-20(3)14-12-13(17-8-16-12)18-9-19-14/h8-10H,4-7H2,1-3H3,(H,15,21)(H,16,17,18,19). The summed E-state index contributed by atoms with van der Waals surface area (Å²) in [6.07, 6.45) is 4.02. The zero-order valence-electron chi connectivity index (χ0n) is 13.2. The van der Waals surface area contributed by atoms with Crippen molar-refractivity contribution in [3.05, 3.63) is 12.7 Å². The number of anilines is 1. The predicted octanol–water partition coefficient (Wildman–Crippen LogP) is 0.720. The fourth-order valence-corrected chi connectivity index (χ4v) is 2.01. The summed E-state index contributed by atoms with van der Waals surface area (Å²) in [5, 5.41) is 2.87. The Hall–Kier alpha value is -2.22. The minimum Gasteiger partial charge on any atom is -0.379 e. The smallest absolute Gasteiger partial charge is 0.239 e. The molecule has 0 bridgehead atoms. The SMILES string of the molecule is CC(C)OCCCNC(=O)CN(C)c1ncnc2nc[nH]c12. The van der Waals surface area contributed by atoms with E-state index in [0.717, 1.165) is 11.9 Å². The van der Waals surface area contributed by atoms with Gasteiger partial charge in [-0.1, -0.05) is 0 Å². The van der Waals surface area contributed by atoms with E-state index in [4.69, 9.17) is 4.74 Å². The van der Waals surface area contributed by atoms with Crippen molar-refractivity contribution in [3.8, 4) is 0 Å². The monoisotopic (exact) mass is 306 g/mol. The molecule has 0 atom stereocenters. The largest absolute Gasteiger partial charge is 0.379 e. The van der Waals surface area contributed by atoms with Gasteiger partial charge in [0.25, 0.3) is 0 Å². The number of likely N-dealkylation sites (N-methyl/N-ethyl adjacent to an activating group) is 1. The van der Waals surface area contributed by atoms with Crippen LogP contribution >= 0.6 is 0 Å². The molecule has 8 nitrogen and oxygen atoms in total. The number of aromatic nitrogens is 4. The quantitative estimate of drug-likeness (QED) is 0.698. The van der Waals surface area contributed by atoms with Gasteiger partial charge in [-0.2, -0.15) is 0 Å². The van der Waals surface area contributed by atoms with Crippen LogP contribution in [-0.2, 0) is 9.53 Å². The average Bonchev–Trinajstić information content (AvgIpc) is 2.94. The molecule has 0 saturated carbocycles. The first-order valence-corrected chi connectivity index (χ1v) is 7.31. The van der Waals surface area contributed by atoms with Crippen LogP contribution in [0.5, 0.6) is 0 Å². The molecule has 0 aliphatic rings. The summed E-state index contributed by atoms with van der Waals surface area (Å²) in [5.74, 6) is 0.596. The van der Waals surface area contributed by atoms with Crippen LogP contribution in [0.1, 0.15) is 20.3 Å². The summed E-state index contributed by atoms with van der Waals surface area (Å²) in [4.78, 5) is 29.0. The first-order chi connectivity index (χ1) is 10.6. The minimum atomic E-state index is -0.0571. The molecule has 2 rings (SSSR count). The third kappa shape index (κ3) is 4.39. The van der Waals surface area contributed by atoms with E-state index in [2.05, 4.69) is 25.3 Å². The lowest BCUT2D eigenvalue weighted by Gasteiger charge is -2.17. The second-order valence-electron chi connectivity index (χ2n) is 5.28. The molecule has 0 aliphatic carbocycles. The van der Waals surface area contributed by atoms with Crippen molar-refractivity contribution in [3.63, 3.8) is 0 Å². The highest BCUT2D eigenvalue weighted by Crippen LogP contribution is 2.17. The van der Waals surface area contributed by atoms with Gasteiger partial charge < -0.3 is 19.9 Å². The highest BCUT2D eigenvalue weighted by Gasteiger charge is 2.13.